The van der Waals surface area contributed by atoms with Crippen LogP contribution in [-0.2, 0) is 6.54 Å². The zero-order valence-electron chi connectivity index (χ0n) is 20.9. The normalized spacial score (nSPS) is 10.7. The summed E-state index contributed by atoms with van der Waals surface area (Å²) >= 11 is 7.90. The number of nitrogens with one attached hydrogen (secondary N) is 1. The molecule has 0 fully saturated rings. The Balaban J connectivity index is 1.41. The van der Waals surface area contributed by atoms with E-state index in [1.54, 1.807) is 30.5 Å². The Bertz CT molecular complexity index is 1530. The highest BCUT2D eigenvalue weighted by Crippen LogP contribution is 2.34. The molecule has 0 aliphatic heterocycles. The lowest BCUT2D eigenvalue weighted by atomic mass is 10.1. The minimum atomic E-state index is -0.174. The van der Waals surface area contributed by atoms with Crippen molar-refractivity contribution in [3.05, 3.63) is 118 Å². The number of hydrogen-bond acceptors (Lipinski definition) is 6. The van der Waals surface area contributed by atoms with E-state index in [9.17, 15) is 4.79 Å². The summed E-state index contributed by atoms with van der Waals surface area (Å²) < 4.78 is 5.28. The summed E-state index contributed by atoms with van der Waals surface area (Å²) in [5, 5.41) is 4.47. The van der Waals surface area contributed by atoms with Crippen LogP contribution < -0.4 is 15.0 Å². The Labute approximate surface area is 230 Å². The minimum Gasteiger partial charge on any atom is -0.497 e. The maximum Gasteiger partial charge on any atom is 0.270 e. The third-order valence-electron chi connectivity index (χ3n) is 6.03. The van der Waals surface area contributed by atoms with Crippen molar-refractivity contribution in [1.29, 1.82) is 0 Å². The first kappa shape index (κ1) is 25.4. The van der Waals surface area contributed by atoms with Crippen molar-refractivity contribution in [2.45, 2.75) is 13.5 Å². The lowest BCUT2D eigenvalue weighted by molar-refractivity contribution is 0.0988. The number of rotatable bonds is 8. The smallest absolute Gasteiger partial charge is 0.270 e. The number of ether oxygens (including phenoxy) is 1. The van der Waals surface area contributed by atoms with Crippen LogP contribution in [0.2, 0.25) is 5.02 Å². The minimum absolute atomic E-state index is 0.174. The third kappa shape index (κ3) is 5.69. The van der Waals surface area contributed by atoms with Crippen molar-refractivity contribution < 1.29 is 9.53 Å². The number of amides is 1. The molecule has 2 heterocycles. The number of thiazole rings is 1. The molecular weight excluding hydrogens is 516 g/mol. The highest BCUT2D eigenvalue weighted by molar-refractivity contribution is 7.17. The average molecular weight is 541 g/mol. The standard InChI is InChI=1S/C30H25ClN4O2S/c1-20-6-3-10-26(31)28(20)35(19-21-11-13-25(37-2)14-12-21)29(36)27-18-33-30(38-27)34-24-9-4-7-22(16-24)23-8-5-15-32-17-23/h3-18H,19H2,1-2H3,(H,33,34). The molecule has 190 valence electrons. The number of carbonyl (C=O) groups excluding carboxylic acids is 1. The van der Waals surface area contributed by atoms with Gasteiger partial charge in [0.1, 0.15) is 10.6 Å². The zero-order valence-corrected chi connectivity index (χ0v) is 22.5. The summed E-state index contributed by atoms with van der Waals surface area (Å²) in [7, 11) is 1.63. The Kier molecular flexibility index (Phi) is 7.67. The quantitative estimate of drug-likeness (QED) is 0.218. The molecule has 3 aromatic carbocycles. The molecule has 0 saturated carbocycles. The van der Waals surface area contributed by atoms with Crippen molar-refractivity contribution in [1.82, 2.24) is 9.97 Å². The Morgan fingerprint density at radius 3 is 2.53 bits per heavy atom. The summed E-state index contributed by atoms with van der Waals surface area (Å²) in [5.41, 5.74) is 5.48. The molecule has 0 aliphatic rings. The van der Waals surface area contributed by atoms with Gasteiger partial charge in [0, 0.05) is 23.6 Å². The first-order valence-electron chi connectivity index (χ1n) is 11.9. The molecule has 38 heavy (non-hydrogen) atoms. The van der Waals surface area contributed by atoms with Gasteiger partial charge in [-0.2, -0.15) is 0 Å². The fraction of sp³-hybridized carbons (Fsp3) is 0.100. The number of para-hydroxylation sites is 1. The molecule has 0 unspecified atom stereocenters. The number of hydrogen-bond donors (Lipinski definition) is 1. The summed E-state index contributed by atoms with van der Waals surface area (Å²) in [6.07, 6.45) is 5.18. The van der Waals surface area contributed by atoms with E-state index in [1.807, 2.05) is 85.9 Å². The molecule has 0 spiro atoms. The number of methoxy groups -OCH3 is 1. The monoisotopic (exact) mass is 540 g/mol. The maximum atomic E-state index is 13.9. The largest absolute Gasteiger partial charge is 0.497 e. The van der Waals surface area contributed by atoms with Crippen molar-refractivity contribution in [3.8, 4) is 16.9 Å². The van der Waals surface area contributed by atoms with E-state index >= 15 is 0 Å². The zero-order chi connectivity index (χ0) is 26.5. The van der Waals surface area contributed by atoms with Crippen LogP contribution in [0, 0.1) is 6.92 Å². The molecule has 0 aliphatic carbocycles. The van der Waals surface area contributed by atoms with E-state index in [0.29, 0.717) is 27.3 Å². The van der Waals surface area contributed by atoms with Crippen LogP contribution in [0.3, 0.4) is 0 Å². The fourth-order valence-electron chi connectivity index (χ4n) is 4.13. The fourth-order valence-corrected chi connectivity index (χ4v) is 5.24. The molecule has 0 radical (unpaired) electrons. The lowest BCUT2D eigenvalue weighted by Crippen LogP contribution is -2.30. The highest BCUT2D eigenvalue weighted by Gasteiger charge is 2.24. The van der Waals surface area contributed by atoms with Crippen LogP contribution >= 0.6 is 22.9 Å². The second kappa shape index (κ2) is 11.5. The van der Waals surface area contributed by atoms with Crippen molar-refractivity contribution in [2.75, 3.05) is 17.3 Å². The SMILES string of the molecule is COc1ccc(CN(C(=O)c2cnc(Nc3cccc(-c4cccnc4)c3)s2)c2c(C)cccc2Cl)cc1. The number of halogens is 1. The van der Waals surface area contributed by atoms with Gasteiger partial charge in [0.05, 0.1) is 30.6 Å². The van der Waals surface area contributed by atoms with Gasteiger partial charge in [-0.15, -0.1) is 0 Å². The van der Waals surface area contributed by atoms with Gasteiger partial charge in [-0.1, -0.05) is 65.4 Å². The molecule has 0 bridgehead atoms. The van der Waals surface area contributed by atoms with Gasteiger partial charge in [-0.25, -0.2) is 4.98 Å². The second-order valence-electron chi connectivity index (χ2n) is 8.62. The molecule has 5 rings (SSSR count). The van der Waals surface area contributed by atoms with E-state index < -0.39 is 0 Å². The van der Waals surface area contributed by atoms with Crippen LogP contribution in [0.25, 0.3) is 11.1 Å². The maximum absolute atomic E-state index is 13.9. The van der Waals surface area contributed by atoms with Crippen LogP contribution in [0.4, 0.5) is 16.5 Å². The molecule has 8 heteroatoms. The molecular formula is C30H25ClN4O2S. The van der Waals surface area contributed by atoms with E-state index in [-0.39, 0.29) is 5.91 Å². The number of carbonyl (C=O) groups is 1. The van der Waals surface area contributed by atoms with Gasteiger partial charge in [0.15, 0.2) is 5.13 Å². The molecule has 1 N–H and O–H groups in total. The topological polar surface area (TPSA) is 67.3 Å². The second-order valence-corrected chi connectivity index (χ2v) is 10.1. The summed E-state index contributed by atoms with van der Waals surface area (Å²) in [6.45, 7) is 2.30. The van der Waals surface area contributed by atoms with E-state index in [4.69, 9.17) is 16.3 Å². The lowest BCUT2D eigenvalue weighted by Gasteiger charge is -2.25. The number of aryl methyl sites for hydroxylation is 1. The summed E-state index contributed by atoms with van der Waals surface area (Å²) in [4.78, 5) is 24.8. The van der Waals surface area contributed by atoms with E-state index in [2.05, 4.69) is 15.3 Å². The summed E-state index contributed by atoms with van der Waals surface area (Å²) in [6, 6.07) is 25.2. The number of pyridine rings is 1. The Morgan fingerprint density at radius 2 is 1.79 bits per heavy atom. The van der Waals surface area contributed by atoms with Crippen molar-refractivity contribution >= 4 is 45.4 Å². The molecule has 0 atom stereocenters. The summed E-state index contributed by atoms with van der Waals surface area (Å²) in [5.74, 6) is 0.581. The van der Waals surface area contributed by atoms with Gasteiger partial charge in [0.25, 0.3) is 5.91 Å². The van der Waals surface area contributed by atoms with Crippen LogP contribution in [-0.4, -0.2) is 23.0 Å². The third-order valence-corrected chi connectivity index (χ3v) is 7.23. The van der Waals surface area contributed by atoms with Crippen molar-refractivity contribution in [3.63, 3.8) is 0 Å². The van der Waals surface area contributed by atoms with Crippen LogP contribution in [0.5, 0.6) is 5.75 Å². The predicted octanol–water partition coefficient (Wildman–Crippen LogP) is 7.77. The number of benzene rings is 3. The van der Waals surface area contributed by atoms with E-state index in [0.717, 1.165) is 33.7 Å². The van der Waals surface area contributed by atoms with Gasteiger partial charge in [0.2, 0.25) is 0 Å². The Hall–Kier alpha value is -4.20. The average Bonchev–Trinajstić information content (AvgIpc) is 3.41. The number of nitrogens with zero attached hydrogens (tertiary/aromatic N) is 3. The number of aromatic nitrogens is 2. The highest BCUT2D eigenvalue weighted by atomic mass is 35.5. The molecule has 2 aromatic heterocycles. The van der Waals surface area contributed by atoms with Gasteiger partial charge < -0.3 is 15.0 Å². The van der Waals surface area contributed by atoms with Crippen molar-refractivity contribution in [2.24, 2.45) is 0 Å². The van der Waals surface area contributed by atoms with Crippen LogP contribution in [0.1, 0.15) is 20.8 Å². The molecule has 1 amide bonds. The molecule has 6 nitrogen and oxygen atoms in total. The van der Waals surface area contributed by atoms with Gasteiger partial charge in [-0.3, -0.25) is 9.78 Å². The molecule has 5 aromatic rings. The van der Waals surface area contributed by atoms with E-state index in [1.165, 1.54) is 11.3 Å². The Morgan fingerprint density at radius 1 is 1.00 bits per heavy atom. The first-order valence-corrected chi connectivity index (χ1v) is 13.1. The van der Waals surface area contributed by atoms with Gasteiger partial charge in [-0.05, 0) is 60.0 Å². The first-order chi connectivity index (χ1) is 18.5. The predicted molar refractivity (Wildman–Crippen MR) is 155 cm³/mol. The molecule has 0 saturated heterocycles. The van der Waals surface area contributed by atoms with Crippen LogP contribution in [0.15, 0.2) is 97.5 Å². The number of anilines is 3. The van der Waals surface area contributed by atoms with Gasteiger partial charge >= 0.3 is 0 Å².